The first-order valence-electron chi connectivity index (χ1n) is 8.05. The zero-order valence-electron chi connectivity index (χ0n) is 13.9. The van der Waals surface area contributed by atoms with Crippen molar-refractivity contribution in [2.75, 3.05) is 13.2 Å². The zero-order chi connectivity index (χ0) is 17.5. The van der Waals surface area contributed by atoms with Gasteiger partial charge in [0, 0.05) is 18.5 Å². The Morgan fingerprint density at radius 2 is 1.84 bits per heavy atom. The first-order chi connectivity index (χ1) is 12.2. The van der Waals surface area contributed by atoms with Gasteiger partial charge in [0.2, 0.25) is 11.8 Å². The van der Waals surface area contributed by atoms with E-state index in [0.717, 1.165) is 11.1 Å². The van der Waals surface area contributed by atoms with Gasteiger partial charge in [0.05, 0.1) is 0 Å². The Hall–Kier alpha value is -3.15. The molecule has 0 unspecified atom stereocenters. The van der Waals surface area contributed by atoms with Crippen LogP contribution in [0.1, 0.15) is 11.5 Å². The van der Waals surface area contributed by atoms with Crippen LogP contribution in [0.25, 0.3) is 11.5 Å². The predicted octanol–water partition coefficient (Wildman–Crippen LogP) is 2.78. The van der Waals surface area contributed by atoms with Gasteiger partial charge in [-0.05, 0) is 30.7 Å². The topological polar surface area (TPSA) is 77.2 Å². The van der Waals surface area contributed by atoms with Gasteiger partial charge < -0.3 is 14.5 Å². The second kappa shape index (κ2) is 8.10. The number of rotatable bonds is 7. The lowest BCUT2D eigenvalue weighted by Gasteiger charge is -2.06. The first-order valence-corrected chi connectivity index (χ1v) is 8.05. The minimum absolute atomic E-state index is 0.0255. The summed E-state index contributed by atoms with van der Waals surface area (Å²) in [5.41, 5.74) is 1.99. The highest BCUT2D eigenvalue weighted by atomic mass is 16.5. The van der Waals surface area contributed by atoms with Crippen molar-refractivity contribution < 1.29 is 13.9 Å². The molecule has 25 heavy (non-hydrogen) atoms. The monoisotopic (exact) mass is 337 g/mol. The van der Waals surface area contributed by atoms with Crippen LogP contribution in [0.15, 0.2) is 59.0 Å². The van der Waals surface area contributed by atoms with Crippen LogP contribution in [0, 0.1) is 6.92 Å². The van der Waals surface area contributed by atoms with Crippen LogP contribution in [0.5, 0.6) is 5.75 Å². The third-order valence-corrected chi connectivity index (χ3v) is 3.62. The summed E-state index contributed by atoms with van der Waals surface area (Å²) >= 11 is 0. The standard InChI is InChI=1S/C19H19N3O3/c1-14-7-5-6-10-16(14)19-22-21-18(25-19)11-12-20-17(23)13-24-15-8-3-2-4-9-15/h2-10H,11-13H2,1H3,(H,20,23). The van der Waals surface area contributed by atoms with Crippen LogP contribution in [-0.2, 0) is 11.2 Å². The quantitative estimate of drug-likeness (QED) is 0.717. The molecule has 3 aromatic rings. The number of nitrogens with one attached hydrogen (secondary N) is 1. The molecule has 1 N–H and O–H groups in total. The molecule has 0 aliphatic rings. The zero-order valence-corrected chi connectivity index (χ0v) is 13.9. The van der Waals surface area contributed by atoms with E-state index in [4.69, 9.17) is 9.15 Å². The molecule has 6 nitrogen and oxygen atoms in total. The molecule has 1 heterocycles. The fourth-order valence-corrected chi connectivity index (χ4v) is 2.30. The summed E-state index contributed by atoms with van der Waals surface area (Å²) in [5.74, 6) is 1.45. The van der Waals surface area contributed by atoms with Crippen molar-refractivity contribution in [1.82, 2.24) is 15.5 Å². The van der Waals surface area contributed by atoms with Gasteiger partial charge in [-0.1, -0.05) is 36.4 Å². The van der Waals surface area contributed by atoms with Gasteiger partial charge in [0.1, 0.15) is 5.75 Å². The van der Waals surface area contributed by atoms with Crippen LogP contribution >= 0.6 is 0 Å². The second-order valence-electron chi connectivity index (χ2n) is 5.52. The number of benzene rings is 2. The molecule has 6 heteroatoms. The lowest BCUT2D eigenvalue weighted by molar-refractivity contribution is -0.123. The second-order valence-corrected chi connectivity index (χ2v) is 5.52. The molecular weight excluding hydrogens is 318 g/mol. The molecule has 128 valence electrons. The molecule has 0 spiro atoms. The number of aryl methyl sites for hydroxylation is 1. The van der Waals surface area contributed by atoms with Crippen molar-refractivity contribution in [3.05, 3.63) is 66.1 Å². The lowest BCUT2D eigenvalue weighted by atomic mass is 10.1. The number of carbonyl (C=O) groups is 1. The molecule has 1 amide bonds. The van der Waals surface area contributed by atoms with Crippen molar-refractivity contribution in [3.63, 3.8) is 0 Å². The molecule has 0 aliphatic heterocycles. The smallest absolute Gasteiger partial charge is 0.257 e. The molecule has 0 aliphatic carbocycles. The third-order valence-electron chi connectivity index (χ3n) is 3.62. The average molecular weight is 337 g/mol. The Labute approximate surface area is 145 Å². The number of ether oxygens (including phenoxy) is 1. The average Bonchev–Trinajstić information content (AvgIpc) is 3.10. The van der Waals surface area contributed by atoms with E-state index in [1.165, 1.54) is 0 Å². The highest BCUT2D eigenvalue weighted by molar-refractivity contribution is 5.77. The third kappa shape index (κ3) is 4.67. The number of hydrogen-bond donors (Lipinski definition) is 1. The van der Waals surface area contributed by atoms with E-state index in [0.29, 0.717) is 30.5 Å². The van der Waals surface area contributed by atoms with Gasteiger partial charge in [0.15, 0.2) is 6.61 Å². The molecule has 0 radical (unpaired) electrons. The van der Waals surface area contributed by atoms with E-state index >= 15 is 0 Å². The fraction of sp³-hybridized carbons (Fsp3) is 0.211. The summed E-state index contributed by atoms with van der Waals surface area (Å²) in [6.07, 6.45) is 0.468. The highest BCUT2D eigenvalue weighted by Crippen LogP contribution is 2.21. The van der Waals surface area contributed by atoms with E-state index in [1.807, 2.05) is 49.4 Å². The van der Waals surface area contributed by atoms with Crippen molar-refractivity contribution in [2.24, 2.45) is 0 Å². The van der Waals surface area contributed by atoms with Gasteiger partial charge in [0.25, 0.3) is 5.91 Å². The summed E-state index contributed by atoms with van der Waals surface area (Å²) in [5, 5.41) is 10.9. The largest absolute Gasteiger partial charge is 0.484 e. The van der Waals surface area contributed by atoms with Gasteiger partial charge in [-0.15, -0.1) is 10.2 Å². The normalized spacial score (nSPS) is 10.4. The van der Waals surface area contributed by atoms with Gasteiger partial charge in [-0.25, -0.2) is 0 Å². The Bertz CT molecular complexity index is 831. The molecule has 3 rings (SSSR count). The molecule has 0 atom stereocenters. The van der Waals surface area contributed by atoms with E-state index in [1.54, 1.807) is 12.1 Å². The number of nitrogens with zero attached hydrogens (tertiary/aromatic N) is 2. The van der Waals surface area contributed by atoms with Crippen molar-refractivity contribution in [1.29, 1.82) is 0 Å². The van der Waals surface area contributed by atoms with Gasteiger partial charge >= 0.3 is 0 Å². The maximum Gasteiger partial charge on any atom is 0.257 e. The SMILES string of the molecule is Cc1ccccc1-c1nnc(CCNC(=O)COc2ccccc2)o1. The van der Waals surface area contributed by atoms with Crippen molar-refractivity contribution in [3.8, 4) is 17.2 Å². The van der Waals surface area contributed by atoms with Crippen molar-refractivity contribution in [2.45, 2.75) is 13.3 Å². The van der Waals surface area contributed by atoms with Crippen LogP contribution in [0.2, 0.25) is 0 Å². The fourth-order valence-electron chi connectivity index (χ4n) is 2.30. The van der Waals surface area contributed by atoms with E-state index in [-0.39, 0.29) is 12.5 Å². The maximum atomic E-state index is 11.8. The van der Waals surface area contributed by atoms with Crippen LogP contribution < -0.4 is 10.1 Å². The summed E-state index contributed by atoms with van der Waals surface area (Å²) < 4.78 is 11.0. The van der Waals surface area contributed by atoms with E-state index in [2.05, 4.69) is 15.5 Å². The number of hydrogen-bond acceptors (Lipinski definition) is 5. The van der Waals surface area contributed by atoms with Gasteiger partial charge in [-0.3, -0.25) is 4.79 Å². The Balaban J connectivity index is 1.45. The number of amides is 1. The molecular formula is C19H19N3O3. The van der Waals surface area contributed by atoms with Crippen LogP contribution in [-0.4, -0.2) is 29.3 Å². The molecule has 2 aromatic carbocycles. The first kappa shape index (κ1) is 16.7. The number of aromatic nitrogens is 2. The molecule has 1 aromatic heterocycles. The van der Waals surface area contributed by atoms with E-state index in [9.17, 15) is 4.79 Å². The summed E-state index contributed by atoms with van der Waals surface area (Å²) in [4.78, 5) is 11.8. The molecule has 0 saturated carbocycles. The maximum absolute atomic E-state index is 11.8. The van der Waals surface area contributed by atoms with Crippen molar-refractivity contribution >= 4 is 5.91 Å². The minimum Gasteiger partial charge on any atom is -0.484 e. The Kier molecular flexibility index (Phi) is 5.41. The van der Waals surface area contributed by atoms with Gasteiger partial charge in [-0.2, -0.15) is 0 Å². The van der Waals surface area contributed by atoms with Crippen LogP contribution in [0.4, 0.5) is 0 Å². The Morgan fingerprint density at radius 1 is 1.08 bits per heavy atom. The summed E-state index contributed by atoms with van der Waals surface area (Å²) in [6, 6.07) is 17.0. The predicted molar refractivity (Wildman–Crippen MR) is 93.1 cm³/mol. The Morgan fingerprint density at radius 3 is 2.64 bits per heavy atom. The number of carbonyl (C=O) groups excluding carboxylic acids is 1. The molecule has 0 bridgehead atoms. The minimum atomic E-state index is -0.192. The van der Waals surface area contributed by atoms with Crippen LogP contribution in [0.3, 0.4) is 0 Å². The molecule has 0 saturated heterocycles. The number of para-hydroxylation sites is 1. The van der Waals surface area contributed by atoms with E-state index < -0.39 is 0 Å². The highest BCUT2D eigenvalue weighted by Gasteiger charge is 2.10. The lowest BCUT2D eigenvalue weighted by Crippen LogP contribution is -2.30. The summed E-state index contributed by atoms with van der Waals surface area (Å²) in [7, 11) is 0. The molecule has 0 fully saturated rings. The summed E-state index contributed by atoms with van der Waals surface area (Å²) in [6.45, 7) is 2.38.